The molecule has 1 fully saturated rings. The summed E-state index contributed by atoms with van der Waals surface area (Å²) in [7, 11) is 0. The summed E-state index contributed by atoms with van der Waals surface area (Å²) in [6.45, 7) is 2.08. The summed E-state index contributed by atoms with van der Waals surface area (Å²) < 4.78 is 0. The number of benzene rings is 2. The molecule has 0 spiro atoms. The number of rotatable bonds is 10. The number of aliphatic hydroxyl groups is 3. The van der Waals surface area contributed by atoms with Crippen molar-refractivity contribution in [1.29, 1.82) is 0 Å². The molecule has 0 aliphatic heterocycles. The third kappa shape index (κ3) is 5.54. The van der Waals surface area contributed by atoms with Crippen molar-refractivity contribution in [1.82, 2.24) is 0 Å². The molecular weight excluding hydrogens is 348 g/mol. The lowest BCUT2D eigenvalue weighted by atomic mass is 9.95. The normalized spacial score (nSPS) is 15.6. The molecule has 3 rings (SSSR count). The molecular formula is C25H32O3. The number of aliphatic hydroxyl groups excluding tert-OH is 3. The molecule has 1 aliphatic carbocycles. The molecule has 1 atom stereocenters. The van der Waals surface area contributed by atoms with Crippen molar-refractivity contribution in [3.05, 3.63) is 76.4 Å². The Hall–Kier alpha value is -1.94. The summed E-state index contributed by atoms with van der Waals surface area (Å²) >= 11 is 0. The summed E-state index contributed by atoms with van der Waals surface area (Å²) in [5.41, 5.74) is 6.60. The molecule has 150 valence electrons. The van der Waals surface area contributed by atoms with Gasteiger partial charge in [0.2, 0.25) is 0 Å². The van der Waals surface area contributed by atoms with Gasteiger partial charge in [0.05, 0.1) is 19.3 Å². The SMILES string of the molecule is CCC(=CCC(O)C1CC1)c1cccc(CCc2ccc(CO)c(CO)c2)c1. The van der Waals surface area contributed by atoms with E-state index in [4.69, 9.17) is 0 Å². The van der Waals surface area contributed by atoms with E-state index in [1.165, 1.54) is 35.1 Å². The number of hydrogen-bond donors (Lipinski definition) is 3. The van der Waals surface area contributed by atoms with Crippen LogP contribution in [0.1, 0.15) is 60.4 Å². The molecule has 0 radical (unpaired) electrons. The van der Waals surface area contributed by atoms with Gasteiger partial charge in [-0.25, -0.2) is 0 Å². The fourth-order valence-electron chi connectivity index (χ4n) is 3.75. The maximum absolute atomic E-state index is 10.1. The van der Waals surface area contributed by atoms with Crippen LogP contribution in [0.25, 0.3) is 5.57 Å². The highest BCUT2D eigenvalue weighted by Crippen LogP contribution is 2.34. The monoisotopic (exact) mass is 380 g/mol. The third-order valence-corrected chi connectivity index (χ3v) is 5.76. The van der Waals surface area contributed by atoms with Gasteiger partial charge < -0.3 is 15.3 Å². The quantitative estimate of drug-likeness (QED) is 0.572. The number of allylic oxidation sites excluding steroid dienone is 1. The first kappa shape index (κ1) is 20.8. The zero-order valence-electron chi connectivity index (χ0n) is 16.8. The smallest absolute Gasteiger partial charge is 0.0685 e. The molecule has 3 N–H and O–H groups in total. The summed E-state index contributed by atoms with van der Waals surface area (Å²) in [5, 5.41) is 29.0. The highest BCUT2D eigenvalue weighted by Gasteiger charge is 2.28. The maximum atomic E-state index is 10.1. The molecule has 0 bridgehead atoms. The number of aryl methyl sites for hydroxylation is 2. The predicted molar refractivity (Wildman–Crippen MR) is 114 cm³/mol. The van der Waals surface area contributed by atoms with Crippen LogP contribution in [-0.4, -0.2) is 21.4 Å². The molecule has 28 heavy (non-hydrogen) atoms. The molecule has 1 saturated carbocycles. The molecule has 0 heterocycles. The lowest BCUT2D eigenvalue weighted by Crippen LogP contribution is -2.07. The van der Waals surface area contributed by atoms with Gasteiger partial charge in [-0.1, -0.05) is 55.5 Å². The molecule has 0 saturated heterocycles. The molecule has 3 heteroatoms. The van der Waals surface area contributed by atoms with Crippen LogP contribution in [0.5, 0.6) is 0 Å². The molecule has 1 unspecified atom stereocenters. The zero-order valence-corrected chi connectivity index (χ0v) is 16.8. The number of hydrogen-bond acceptors (Lipinski definition) is 3. The minimum atomic E-state index is -0.188. The van der Waals surface area contributed by atoms with Crippen molar-refractivity contribution in [2.45, 2.75) is 64.8 Å². The molecule has 0 amide bonds. The third-order valence-electron chi connectivity index (χ3n) is 5.76. The summed E-state index contributed by atoms with van der Waals surface area (Å²) in [4.78, 5) is 0. The Balaban J connectivity index is 1.66. The molecule has 0 aromatic heterocycles. The van der Waals surface area contributed by atoms with Gasteiger partial charge >= 0.3 is 0 Å². The van der Waals surface area contributed by atoms with E-state index in [9.17, 15) is 15.3 Å². The van der Waals surface area contributed by atoms with Gasteiger partial charge in [0.1, 0.15) is 0 Å². The average molecular weight is 381 g/mol. The van der Waals surface area contributed by atoms with Crippen molar-refractivity contribution in [3.8, 4) is 0 Å². The van der Waals surface area contributed by atoms with Crippen LogP contribution in [0, 0.1) is 5.92 Å². The highest BCUT2D eigenvalue weighted by molar-refractivity contribution is 5.65. The van der Waals surface area contributed by atoms with Gasteiger partial charge in [0.25, 0.3) is 0 Å². The van der Waals surface area contributed by atoms with Crippen molar-refractivity contribution in [2.24, 2.45) is 5.92 Å². The van der Waals surface area contributed by atoms with Crippen molar-refractivity contribution >= 4 is 5.57 Å². The second-order valence-corrected chi connectivity index (χ2v) is 7.84. The van der Waals surface area contributed by atoms with Crippen molar-refractivity contribution in [3.63, 3.8) is 0 Å². The van der Waals surface area contributed by atoms with E-state index in [-0.39, 0.29) is 19.3 Å². The van der Waals surface area contributed by atoms with Gasteiger partial charge in [-0.2, -0.15) is 0 Å². The van der Waals surface area contributed by atoms with Crippen LogP contribution in [0.2, 0.25) is 0 Å². The van der Waals surface area contributed by atoms with Crippen molar-refractivity contribution < 1.29 is 15.3 Å². The molecule has 2 aromatic carbocycles. The van der Waals surface area contributed by atoms with Crippen LogP contribution in [-0.2, 0) is 26.1 Å². The molecule has 1 aliphatic rings. The Morgan fingerprint density at radius 1 is 1.00 bits per heavy atom. The van der Waals surface area contributed by atoms with Crippen LogP contribution in [0.4, 0.5) is 0 Å². The average Bonchev–Trinajstić information content (AvgIpc) is 3.58. The Morgan fingerprint density at radius 2 is 1.71 bits per heavy atom. The van der Waals surface area contributed by atoms with Gasteiger partial charge in [-0.05, 0) is 77.8 Å². The Labute approximate surface area is 168 Å². The van der Waals surface area contributed by atoms with Crippen LogP contribution in [0.3, 0.4) is 0 Å². The first-order valence-corrected chi connectivity index (χ1v) is 10.4. The fraction of sp³-hybridized carbons (Fsp3) is 0.440. The summed E-state index contributed by atoms with van der Waals surface area (Å²) in [5.74, 6) is 0.515. The predicted octanol–water partition coefficient (Wildman–Crippen LogP) is 4.41. The highest BCUT2D eigenvalue weighted by atomic mass is 16.3. The van der Waals surface area contributed by atoms with E-state index in [0.717, 1.165) is 36.8 Å². The van der Waals surface area contributed by atoms with Gasteiger partial charge in [-0.15, -0.1) is 0 Å². The molecule has 3 nitrogen and oxygen atoms in total. The second-order valence-electron chi connectivity index (χ2n) is 7.84. The summed E-state index contributed by atoms with van der Waals surface area (Å²) in [6, 6.07) is 14.6. The molecule has 2 aromatic rings. The minimum Gasteiger partial charge on any atom is -0.393 e. The Bertz CT molecular complexity index is 805. The Morgan fingerprint density at radius 3 is 2.36 bits per heavy atom. The second kappa shape index (κ2) is 10.0. The summed E-state index contributed by atoms with van der Waals surface area (Å²) in [6.07, 6.45) is 7.90. The first-order valence-electron chi connectivity index (χ1n) is 10.4. The zero-order chi connectivity index (χ0) is 19.9. The van der Waals surface area contributed by atoms with Crippen LogP contribution in [0.15, 0.2) is 48.5 Å². The fourth-order valence-corrected chi connectivity index (χ4v) is 3.75. The first-order chi connectivity index (χ1) is 13.6. The van der Waals surface area contributed by atoms with Crippen LogP contribution < -0.4 is 0 Å². The van der Waals surface area contributed by atoms with E-state index in [0.29, 0.717) is 5.92 Å². The van der Waals surface area contributed by atoms with Gasteiger partial charge in [0, 0.05) is 0 Å². The lowest BCUT2D eigenvalue weighted by Gasteiger charge is -2.11. The van der Waals surface area contributed by atoms with E-state index < -0.39 is 0 Å². The lowest BCUT2D eigenvalue weighted by molar-refractivity contribution is 0.154. The van der Waals surface area contributed by atoms with Crippen molar-refractivity contribution in [2.75, 3.05) is 0 Å². The van der Waals surface area contributed by atoms with E-state index in [1.807, 2.05) is 18.2 Å². The van der Waals surface area contributed by atoms with Gasteiger partial charge in [0.15, 0.2) is 0 Å². The standard InChI is InChI=1S/C25H32O3/c1-2-20(12-13-25(28)21-10-11-21)22-5-3-4-18(14-22)6-7-19-8-9-23(16-26)24(15-19)17-27/h3-5,8-9,12,14-15,21,25-28H,2,6-7,10-11,13,16-17H2,1H3. The van der Waals surface area contributed by atoms with Gasteiger partial charge in [-0.3, -0.25) is 0 Å². The van der Waals surface area contributed by atoms with E-state index in [2.05, 4.69) is 37.3 Å². The largest absolute Gasteiger partial charge is 0.393 e. The van der Waals surface area contributed by atoms with E-state index >= 15 is 0 Å². The van der Waals surface area contributed by atoms with Crippen LogP contribution >= 0.6 is 0 Å². The Kier molecular flexibility index (Phi) is 7.43. The minimum absolute atomic E-state index is 0.0419. The maximum Gasteiger partial charge on any atom is 0.0685 e. The van der Waals surface area contributed by atoms with E-state index in [1.54, 1.807) is 0 Å². The topological polar surface area (TPSA) is 60.7 Å².